The molecule has 1 N–H and O–H groups in total. The highest BCUT2D eigenvalue weighted by molar-refractivity contribution is 5.85. The second-order valence-electron chi connectivity index (χ2n) is 4.39. The monoisotopic (exact) mass is 218 g/mol. The van der Waals surface area contributed by atoms with E-state index >= 15 is 0 Å². The molecule has 0 radical (unpaired) electrons. The van der Waals surface area contributed by atoms with Gasteiger partial charge in [0.05, 0.1) is 5.92 Å². The van der Waals surface area contributed by atoms with E-state index in [1.807, 2.05) is 0 Å². The molecule has 0 saturated carbocycles. The molecule has 2 aliphatic rings. The van der Waals surface area contributed by atoms with Crippen LogP contribution >= 0.6 is 12.4 Å². The van der Waals surface area contributed by atoms with Crippen LogP contribution in [0.5, 0.6) is 0 Å². The van der Waals surface area contributed by atoms with Crippen LogP contribution in [-0.4, -0.2) is 37.0 Å². The van der Waals surface area contributed by atoms with Crippen molar-refractivity contribution in [1.29, 1.82) is 0 Å². The molecule has 2 fully saturated rings. The first-order valence-corrected chi connectivity index (χ1v) is 5.27. The number of likely N-dealkylation sites (tertiary alicyclic amines) is 1. The van der Waals surface area contributed by atoms with Crippen LogP contribution in [0.1, 0.15) is 19.8 Å². The standard InChI is InChI=1S/C10H18N2O.ClH/c1-8-3-2-4-12(7-8)10(13)9-5-11-6-9;/h8-9,11H,2-7H2,1H3;1H/t8-;/m0./s1. The van der Waals surface area contributed by atoms with Gasteiger partial charge < -0.3 is 10.2 Å². The van der Waals surface area contributed by atoms with Crippen LogP contribution in [0.15, 0.2) is 0 Å². The van der Waals surface area contributed by atoms with Crippen molar-refractivity contribution in [2.75, 3.05) is 26.2 Å². The molecule has 2 saturated heterocycles. The van der Waals surface area contributed by atoms with E-state index in [-0.39, 0.29) is 18.3 Å². The Labute approximate surface area is 91.6 Å². The summed E-state index contributed by atoms with van der Waals surface area (Å²) in [6, 6.07) is 0. The van der Waals surface area contributed by atoms with Crippen LogP contribution in [0.2, 0.25) is 0 Å². The number of rotatable bonds is 1. The van der Waals surface area contributed by atoms with Gasteiger partial charge in [-0.2, -0.15) is 0 Å². The van der Waals surface area contributed by atoms with Crippen molar-refractivity contribution in [2.45, 2.75) is 19.8 Å². The fourth-order valence-corrected chi connectivity index (χ4v) is 2.11. The zero-order valence-electron chi connectivity index (χ0n) is 8.66. The van der Waals surface area contributed by atoms with Gasteiger partial charge in [0.2, 0.25) is 5.91 Å². The topological polar surface area (TPSA) is 32.3 Å². The number of hydrogen-bond acceptors (Lipinski definition) is 2. The Morgan fingerprint density at radius 3 is 2.64 bits per heavy atom. The van der Waals surface area contributed by atoms with Crippen LogP contribution in [0.25, 0.3) is 0 Å². The minimum absolute atomic E-state index is 0. The molecule has 1 amide bonds. The predicted octanol–water partition coefficient (Wildman–Crippen LogP) is 0.886. The van der Waals surface area contributed by atoms with Gasteiger partial charge in [-0.15, -0.1) is 12.4 Å². The first-order valence-electron chi connectivity index (χ1n) is 5.27. The summed E-state index contributed by atoms with van der Waals surface area (Å²) in [7, 11) is 0. The third-order valence-electron chi connectivity index (χ3n) is 3.10. The lowest BCUT2D eigenvalue weighted by atomic mass is 9.96. The Hall–Kier alpha value is -0.280. The Morgan fingerprint density at radius 1 is 1.43 bits per heavy atom. The number of nitrogens with one attached hydrogen (secondary N) is 1. The number of nitrogens with zero attached hydrogens (tertiary/aromatic N) is 1. The molecule has 0 aliphatic carbocycles. The van der Waals surface area contributed by atoms with Crippen molar-refractivity contribution in [3.63, 3.8) is 0 Å². The summed E-state index contributed by atoms with van der Waals surface area (Å²) in [5.41, 5.74) is 0. The van der Waals surface area contributed by atoms with E-state index in [2.05, 4.69) is 17.1 Å². The maximum absolute atomic E-state index is 11.8. The van der Waals surface area contributed by atoms with E-state index in [1.54, 1.807) is 0 Å². The van der Waals surface area contributed by atoms with Gasteiger partial charge in [0.15, 0.2) is 0 Å². The molecule has 0 unspecified atom stereocenters. The van der Waals surface area contributed by atoms with Crippen molar-refractivity contribution in [3.05, 3.63) is 0 Å². The zero-order chi connectivity index (χ0) is 9.26. The lowest BCUT2D eigenvalue weighted by Crippen LogP contribution is -2.53. The molecule has 0 aromatic carbocycles. The first kappa shape index (κ1) is 11.8. The Kier molecular flexibility index (Phi) is 4.20. The molecule has 0 bridgehead atoms. The first-order chi connectivity index (χ1) is 6.27. The fraction of sp³-hybridized carbons (Fsp3) is 0.900. The maximum atomic E-state index is 11.8. The Morgan fingerprint density at radius 2 is 2.14 bits per heavy atom. The van der Waals surface area contributed by atoms with E-state index in [0.29, 0.717) is 11.8 Å². The van der Waals surface area contributed by atoms with Crippen molar-refractivity contribution in [1.82, 2.24) is 10.2 Å². The molecule has 4 heteroatoms. The van der Waals surface area contributed by atoms with Crippen molar-refractivity contribution in [3.8, 4) is 0 Å². The zero-order valence-corrected chi connectivity index (χ0v) is 9.48. The van der Waals surface area contributed by atoms with Crippen LogP contribution in [0, 0.1) is 11.8 Å². The number of hydrogen-bond donors (Lipinski definition) is 1. The second kappa shape index (κ2) is 4.99. The Bertz CT molecular complexity index is 206. The number of halogens is 1. The quantitative estimate of drug-likeness (QED) is 0.709. The van der Waals surface area contributed by atoms with Gasteiger partial charge in [-0.05, 0) is 18.8 Å². The molecule has 0 aromatic heterocycles. The minimum Gasteiger partial charge on any atom is -0.342 e. The Balaban J connectivity index is 0.000000980. The SMILES string of the molecule is C[C@H]1CCCN(C(=O)C2CNC2)C1.Cl. The summed E-state index contributed by atoms with van der Waals surface area (Å²) in [5.74, 6) is 1.36. The van der Waals surface area contributed by atoms with Gasteiger partial charge in [-0.25, -0.2) is 0 Å². The molecule has 0 spiro atoms. The van der Waals surface area contributed by atoms with E-state index in [0.717, 1.165) is 26.2 Å². The van der Waals surface area contributed by atoms with Gasteiger partial charge in [0, 0.05) is 26.2 Å². The molecule has 3 nitrogen and oxygen atoms in total. The normalized spacial score (nSPS) is 27.8. The van der Waals surface area contributed by atoms with Crippen LogP contribution in [-0.2, 0) is 4.79 Å². The molecule has 82 valence electrons. The predicted molar refractivity (Wildman–Crippen MR) is 58.6 cm³/mol. The minimum atomic E-state index is 0. The summed E-state index contributed by atoms with van der Waals surface area (Å²) in [6.07, 6.45) is 2.47. The molecule has 0 aromatic rings. The largest absolute Gasteiger partial charge is 0.342 e. The molecular weight excluding hydrogens is 200 g/mol. The molecule has 2 aliphatic heterocycles. The highest BCUT2D eigenvalue weighted by atomic mass is 35.5. The van der Waals surface area contributed by atoms with Gasteiger partial charge in [-0.3, -0.25) is 4.79 Å². The van der Waals surface area contributed by atoms with Gasteiger partial charge >= 0.3 is 0 Å². The van der Waals surface area contributed by atoms with E-state index < -0.39 is 0 Å². The summed E-state index contributed by atoms with van der Waals surface area (Å²) in [4.78, 5) is 13.9. The lowest BCUT2D eigenvalue weighted by molar-refractivity contribution is -0.138. The molecule has 2 rings (SSSR count). The molecule has 14 heavy (non-hydrogen) atoms. The molecular formula is C10H19ClN2O. The molecule has 1 atom stereocenters. The van der Waals surface area contributed by atoms with Crippen LogP contribution in [0.3, 0.4) is 0 Å². The fourth-order valence-electron chi connectivity index (χ4n) is 2.11. The smallest absolute Gasteiger partial charge is 0.228 e. The van der Waals surface area contributed by atoms with Crippen LogP contribution < -0.4 is 5.32 Å². The maximum Gasteiger partial charge on any atom is 0.228 e. The summed E-state index contributed by atoms with van der Waals surface area (Å²) < 4.78 is 0. The van der Waals surface area contributed by atoms with Crippen LogP contribution in [0.4, 0.5) is 0 Å². The summed E-state index contributed by atoms with van der Waals surface area (Å²) >= 11 is 0. The van der Waals surface area contributed by atoms with E-state index in [9.17, 15) is 4.79 Å². The van der Waals surface area contributed by atoms with E-state index in [4.69, 9.17) is 0 Å². The van der Waals surface area contributed by atoms with E-state index in [1.165, 1.54) is 12.8 Å². The number of amides is 1. The van der Waals surface area contributed by atoms with Crippen molar-refractivity contribution >= 4 is 18.3 Å². The van der Waals surface area contributed by atoms with Gasteiger partial charge in [-0.1, -0.05) is 6.92 Å². The highest BCUT2D eigenvalue weighted by Crippen LogP contribution is 2.18. The third-order valence-corrected chi connectivity index (χ3v) is 3.10. The van der Waals surface area contributed by atoms with Crippen molar-refractivity contribution < 1.29 is 4.79 Å². The van der Waals surface area contributed by atoms with Gasteiger partial charge in [0.1, 0.15) is 0 Å². The van der Waals surface area contributed by atoms with Gasteiger partial charge in [0.25, 0.3) is 0 Å². The lowest BCUT2D eigenvalue weighted by Gasteiger charge is -2.36. The highest BCUT2D eigenvalue weighted by Gasteiger charge is 2.30. The average Bonchev–Trinajstić information content (AvgIpc) is 2.01. The second-order valence-corrected chi connectivity index (χ2v) is 4.39. The average molecular weight is 219 g/mol. The number of carbonyl (C=O) groups excluding carboxylic acids is 1. The summed E-state index contributed by atoms with van der Waals surface area (Å²) in [5, 5.41) is 3.14. The number of piperidine rings is 1. The third kappa shape index (κ3) is 2.39. The molecule has 2 heterocycles. The number of carbonyl (C=O) groups is 1. The van der Waals surface area contributed by atoms with Crippen molar-refractivity contribution in [2.24, 2.45) is 11.8 Å². The summed E-state index contributed by atoms with van der Waals surface area (Å²) in [6.45, 7) is 5.99.